The fourth-order valence-electron chi connectivity index (χ4n) is 3.36. The molecule has 3 rings (SSSR count). The van der Waals surface area contributed by atoms with Gasteiger partial charge in [-0.2, -0.15) is 13.2 Å². The van der Waals surface area contributed by atoms with Gasteiger partial charge in [0.15, 0.2) is 12.3 Å². The molecule has 3 N–H and O–H groups in total. The number of anilines is 2. The lowest BCUT2D eigenvalue weighted by Gasteiger charge is -2.43. The molecule has 1 heterocycles. The number of ether oxygens (including phenoxy) is 1. The van der Waals surface area contributed by atoms with E-state index >= 15 is 0 Å². The Morgan fingerprint density at radius 2 is 1.83 bits per heavy atom. The van der Waals surface area contributed by atoms with Gasteiger partial charge in [0.25, 0.3) is 5.91 Å². The normalized spacial score (nSPS) is 19.3. The van der Waals surface area contributed by atoms with Gasteiger partial charge in [-0.3, -0.25) is 9.69 Å². The number of alkyl halides is 3. The SMILES string of the molecule is Cc1cc(OC(C)C(=O)Nc2cc(N3C(O)C=C(C(F)(F)F)N(C)C3O)c(F)cc2Cl)ccc1Cl. The van der Waals surface area contributed by atoms with Crippen LogP contribution < -0.4 is 15.0 Å². The standard InChI is InChI=1S/C22H21Cl2F4N3O4/c1-10-6-12(4-5-13(10)23)35-11(2)20(33)29-16-8-17(15(25)7-14(16)24)31-19(32)9-18(22(26,27)28)30(3)21(31)34/h4-9,11,19,21,32,34H,1-3H3,(H,29,33). The molecule has 0 saturated heterocycles. The predicted molar refractivity (Wildman–Crippen MR) is 123 cm³/mol. The van der Waals surface area contributed by atoms with E-state index in [0.717, 1.165) is 24.7 Å². The molecular formula is C22H21Cl2F4N3O4. The van der Waals surface area contributed by atoms with Crippen LogP contribution in [0, 0.1) is 12.7 Å². The molecular weight excluding hydrogens is 517 g/mol. The van der Waals surface area contributed by atoms with Crippen LogP contribution in [0.15, 0.2) is 42.1 Å². The van der Waals surface area contributed by atoms with Crippen LogP contribution in [0.3, 0.4) is 0 Å². The van der Waals surface area contributed by atoms with Crippen LogP contribution in [0.1, 0.15) is 12.5 Å². The molecule has 0 radical (unpaired) electrons. The van der Waals surface area contributed by atoms with E-state index in [1.807, 2.05) is 0 Å². The first kappa shape index (κ1) is 26.9. The van der Waals surface area contributed by atoms with Crippen molar-refractivity contribution in [2.75, 3.05) is 17.3 Å². The highest BCUT2D eigenvalue weighted by atomic mass is 35.5. The second-order valence-electron chi connectivity index (χ2n) is 7.77. The number of carbonyl (C=O) groups is 1. The summed E-state index contributed by atoms with van der Waals surface area (Å²) >= 11 is 12.0. The summed E-state index contributed by atoms with van der Waals surface area (Å²) in [4.78, 5) is 13.7. The second-order valence-corrected chi connectivity index (χ2v) is 8.59. The molecule has 1 aliphatic heterocycles. The van der Waals surface area contributed by atoms with Gasteiger partial charge in [0.2, 0.25) is 6.35 Å². The third-order valence-electron chi connectivity index (χ3n) is 5.24. The summed E-state index contributed by atoms with van der Waals surface area (Å²) in [6.45, 7) is 3.21. The molecule has 7 nitrogen and oxygen atoms in total. The van der Waals surface area contributed by atoms with Crippen LogP contribution in [0.2, 0.25) is 10.0 Å². The Labute approximate surface area is 208 Å². The molecule has 2 aromatic carbocycles. The highest BCUT2D eigenvalue weighted by molar-refractivity contribution is 6.34. The molecule has 0 fully saturated rings. The van der Waals surface area contributed by atoms with E-state index in [2.05, 4.69) is 5.32 Å². The van der Waals surface area contributed by atoms with Crippen LogP contribution in [0.5, 0.6) is 5.75 Å². The molecule has 1 aliphatic rings. The van der Waals surface area contributed by atoms with Crippen LogP contribution >= 0.6 is 23.2 Å². The third-order valence-corrected chi connectivity index (χ3v) is 5.98. The highest BCUT2D eigenvalue weighted by Gasteiger charge is 2.45. The molecule has 2 aromatic rings. The van der Waals surface area contributed by atoms with Gasteiger partial charge in [0.05, 0.1) is 16.4 Å². The number of aryl methyl sites for hydroxylation is 1. The van der Waals surface area contributed by atoms with Gasteiger partial charge in [-0.25, -0.2) is 4.39 Å². The van der Waals surface area contributed by atoms with E-state index in [9.17, 15) is 32.6 Å². The van der Waals surface area contributed by atoms with E-state index in [4.69, 9.17) is 27.9 Å². The molecule has 190 valence electrons. The summed E-state index contributed by atoms with van der Waals surface area (Å²) in [6, 6.07) is 6.59. The molecule has 0 saturated carbocycles. The summed E-state index contributed by atoms with van der Waals surface area (Å²) in [5.74, 6) is -1.35. The Kier molecular flexibility index (Phi) is 7.75. The van der Waals surface area contributed by atoms with Gasteiger partial charge in [0.1, 0.15) is 17.3 Å². The first-order valence-corrected chi connectivity index (χ1v) is 10.8. The summed E-state index contributed by atoms with van der Waals surface area (Å²) in [5, 5.41) is 23.4. The zero-order valence-electron chi connectivity index (χ0n) is 18.6. The smallest absolute Gasteiger partial charge is 0.431 e. The van der Waals surface area contributed by atoms with Crippen LogP contribution in [-0.4, -0.2) is 52.9 Å². The molecule has 3 atom stereocenters. The van der Waals surface area contributed by atoms with E-state index in [-0.39, 0.29) is 10.7 Å². The molecule has 0 aromatic heterocycles. The fraction of sp³-hybridized carbons (Fsp3) is 0.318. The summed E-state index contributed by atoms with van der Waals surface area (Å²) in [5.41, 5.74) is -1.20. The number of carbonyl (C=O) groups excluding carboxylic acids is 1. The highest BCUT2D eigenvalue weighted by Crippen LogP contribution is 2.38. The molecule has 1 amide bonds. The monoisotopic (exact) mass is 537 g/mol. The Morgan fingerprint density at radius 1 is 1.17 bits per heavy atom. The molecule has 13 heteroatoms. The number of aliphatic hydroxyl groups excluding tert-OH is 2. The fourth-order valence-corrected chi connectivity index (χ4v) is 3.68. The minimum Gasteiger partial charge on any atom is -0.481 e. The van der Waals surface area contributed by atoms with E-state index < -0.39 is 48.0 Å². The van der Waals surface area contributed by atoms with Crippen molar-refractivity contribution in [1.29, 1.82) is 0 Å². The minimum atomic E-state index is -4.86. The van der Waals surface area contributed by atoms with Gasteiger partial charge in [-0.05, 0) is 55.8 Å². The van der Waals surface area contributed by atoms with E-state index in [0.29, 0.717) is 26.6 Å². The lowest BCUT2D eigenvalue weighted by atomic mass is 10.2. The van der Waals surface area contributed by atoms with Crippen molar-refractivity contribution >= 4 is 40.5 Å². The lowest BCUT2D eigenvalue weighted by molar-refractivity contribution is -0.133. The first-order chi connectivity index (χ1) is 16.2. The number of hydrogen-bond donors (Lipinski definition) is 3. The molecule has 35 heavy (non-hydrogen) atoms. The van der Waals surface area contributed by atoms with Crippen molar-refractivity contribution in [3.05, 3.63) is 63.5 Å². The van der Waals surface area contributed by atoms with Gasteiger partial charge >= 0.3 is 6.18 Å². The number of amides is 1. The number of nitrogens with one attached hydrogen (secondary N) is 1. The molecule has 3 unspecified atom stereocenters. The van der Waals surface area contributed by atoms with Crippen molar-refractivity contribution in [1.82, 2.24) is 4.90 Å². The Bertz CT molecular complexity index is 1160. The number of allylic oxidation sites excluding steroid dienone is 1. The van der Waals surface area contributed by atoms with Crippen LogP contribution in [-0.2, 0) is 4.79 Å². The largest absolute Gasteiger partial charge is 0.481 e. The van der Waals surface area contributed by atoms with Crippen molar-refractivity contribution in [2.45, 2.75) is 38.7 Å². The predicted octanol–water partition coefficient (Wildman–Crippen LogP) is 4.64. The average Bonchev–Trinajstić information content (AvgIpc) is 2.75. The number of nitrogens with zero attached hydrogens (tertiary/aromatic N) is 2. The molecule has 0 bridgehead atoms. The Balaban J connectivity index is 1.85. The van der Waals surface area contributed by atoms with E-state index in [1.165, 1.54) is 6.92 Å². The molecule has 0 spiro atoms. The van der Waals surface area contributed by atoms with Gasteiger partial charge in [-0.15, -0.1) is 0 Å². The van der Waals surface area contributed by atoms with Crippen molar-refractivity contribution < 1.29 is 37.3 Å². The average molecular weight is 538 g/mol. The maximum atomic E-state index is 14.7. The molecule has 0 aliphatic carbocycles. The zero-order chi connectivity index (χ0) is 26.2. The van der Waals surface area contributed by atoms with Gasteiger partial charge in [0, 0.05) is 12.1 Å². The Hall–Kier alpha value is -2.73. The number of halogens is 6. The number of rotatable bonds is 5. The minimum absolute atomic E-state index is 0.122. The summed E-state index contributed by atoms with van der Waals surface area (Å²) < 4.78 is 59.8. The van der Waals surface area contributed by atoms with Crippen LogP contribution in [0.4, 0.5) is 28.9 Å². The van der Waals surface area contributed by atoms with Gasteiger partial charge in [-0.1, -0.05) is 23.2 Å². The lowest BCUT2D eigenvalue weighted by Crippen LogP contribution is -2.56. The first-order valence-electron chi connectivity index (χ1n) is 10.1. The third kappa shape index (κ3) is 5.75. The maximum Gasteiger partial charge on any atom is 0.431 e. The van der Waals surface area contributed by atoms with Crippen molar-refractivity contribution in [3.8, 4) is 5.75 Å². The zero-order valence-corrected chi connectivity index (χ0v) is 20.1. The second kappa shape index (κ2) is 10.1. The van der Waals surface area contributed by atoms with Crippen LogP contribution in [0.25, 0.3) is 0 Å². The maximum absolute atomic E-state index is 14.7. The number of benzene rings is 2. The number of hydrogen-bond acceptors (Lipinski definition) is 6. The van der Waals surface area contributed by atoms with Crippen molar-refractivity contribution in [3.63, 3.8) is 0 Å². The quantitative estimate of drug-likeness (QED) is 0.482. The van der Waals surface area contributed by atoms with E-state index in [1.54, 1.807) is 25.1 Å². The topological polar surface area (TPSA) is 85.3 Å². The number of aliphatic hydroxyl groups is 2. The van der Waals surface area contributed by atoms with Gasteiger partial charge < -0.3 is 25.2 Å². The Morgan fingerprint density at radius 3 is 2.43 bits per heavy atom. The summed E-state index contributed by atoms with van der Waals surface area (Å²) in [7, 11) is 0.927. The van der Waals surface area contributed by atoms with Crippen molar-refractivity contribution in [2.24, 2.45) is 0 Å². The summed E-state index contributed by atoms with van der Waals surface area (Å²) in [6.07, 6.45) is -9.59.